The van der Waals surface area contributed by atoms with Gasteiger partial charge in [-0.25, -0.2) is 54.0 Å². The van der Waals surface area contributed by atoms with Crippen LogP contribution in [0.1, 0.15) is 129 Å². The second-order valence-electron chi connectivity index (χ2n) is 31.0. The van der Waals surface area contributed by atoms with Gasteiger partial charge >= 0.3 is 0 Å². The van der Waals surface area contributed by atoms with Gasteiger partial charge in [-0.15, -0.1) is 0 Å². The molecule has 2 atom stereocenters. The lowest BCUT2D eigenvalue weighted by Crippen LogP contribution is -2.18. The fraction of sp³-hybridized carbons (Fsp3) is 0.119. The van der Waals surface area contributed by atoms with Crippen molar-refractivity contribution < 1.29 is 56.3 Å². The number of carbonyl (C=O) groups is 7. The average molecular weight is 1900 g/mol. The second kappa shape index (κ2) is 45.9. The Morgan fingerprint density at radius 3 is 0.730 bits per heavy atom. The largest absolute Gasteiger partial charge is 0.382 e. The van der Waals surface area contributed by atoms with E-state index in [1.807, 2.05) is 182 Å². The maximum atomic E-state index is 12.8. The number of carbonyl (C=O) groups excluding carboxylic acids is 7. The zero-order valence-electron chi connectivity index (χ0n) is 76.5. The van der Waals surface area contributed by atoms with E-state index in [0.717, 1.165) is 60.9 Å². The number of nitrogens with zero attached hydrogens (tertiary/aromatic N) is 10. The smallest absolute Gasteiger partial charge is 0.278 e. The molecule has 0 aliphatic carbocycles. The number of benzene rings is 10. The minimum absolute atomic E-state index is 0.0143. The van der Waals surface area contributed by atoms with Crippen molar-refractivity contribution in [3.05, 3.63) is 341 Å². The molecule has 2 unspecified atom stereocenters. The van der Waals surface area contributed by atoms with Crippen LogP contribution in [-0.4, -0.2) is 132 Å². The third-order valence-corrected chi connectivity index (χ3v) is 25.0. The van der Waals surface area contributed by atoms with Gasteiger partial charge in [0.25, 0.3) is 29.5 Å². The van der Waals surface area contributed by atoms with E-state index in [1.165, 1.54) is 45.0 Å². The number of hydrogen-bond donors (Lipinski definition) is 12. The molecule has 5 amide bonds. The van der Waals surface area contributed by atoms with Crippen LogP contribution in [0.5, 0.6) is 0 Å². The first-order valence-electron chi connectivity index (χ1n) is 42.3. The Hall–Kier alpha value is -16.3. The van der Waals surface area contributed by atoms with E-state index in [9.17, 15) is 47.2 Å². The topological polar surface area (TPSA) is 537 Å². The fourth-order valence-corrected chi connectivity index (χ4v) is 15.7. The highest BCUT2D eigenvalue weighted by atomic mass is 32.2. The zero-order chi connectivity index (χ0) is 99.0. The monoisotopic (exact) mass is 1890 g/mol. The molecule has 15 aromatic rings. The molecule has 5 heterocycles. The Balaban J connectivity index is 0.000000165. The van der Waals surface area contributed by atoms with Gasteiger partial charge in [0.15, 0.2) is 69.1 Å². The number of ketones is 2. The third-order valence-electron chi connectivity index (χ3n) is 20.2. The van der Waals surface area contributed by atoms with E-state index in [2.05, 4.69) is 88.6 Å². The maximum absolute atomic E-state index is 12.8. The summed E-state index contributed by atoms with van der Waals surface area (Å²) in [4.78, 5) is 138. The van der Waals surface area contributed by atoms with Crippen molar-refractivity contribution >= 4 is 146 Å². The highest BCUT2D eigenvalue weighted by Crippen LogP contribution is 2.46. The minimum Gasteiger partial charge on any atom is -0.382 e. The van der Waals surface area contributed by atoms with Crippen LogP contribution < -0.4 is 71.0 Å². The second-order valence-corrected chi connectivity index (χ2v) is 37.6. The van der Waals surface area contributed by atoms with Crippen LogP contribution in [0.3, 0.4) is 0 Å². The lowest BCUT2D eigenvalue weighted by molar-refractivity contribution is 0.100. The highest BCUT2D eigenvalue weighted by molar-refractivity contribution is 7.98. The normalized spacial score (nSPS) is 11.6. The molecule has 0 saturated heterocycles. The van der Waals surface area contributed by atoms with Crippen molar-refractivity contribution in [2.24, 2.45) is 5.14 Å². The molecule has 33 nitrogen and oxygen atoms in total. The quantitative estimate of drug-likeness (QED) is 0.0152. The van der Waals surface area contributed by atoms with Crippen molar-refractivity contribution in [1.29, 1.82) is 0 Å². The number of Topliss-reactive ketones (excluding diaryl/α,β-unsaturated/α-hetero) is 2. The Bertz CT molecular complexity index is 6960. The molecule has 0 aliphatic heterocycles. The molecule has 698 valence electrons. The Kier molecular flexibility index (Phi) is 33.9. The van der Waals surface area contributed by atoms with Crippen LogP contribution in [0.15, 0.2) is 279 Å². The fourth-order valence-electron chi connectivity index (χ4n) is 12.6. The van der Waals surface area contributed by atoms with E-state index in [0.29, 0.717) is 91.4 Å². The SMILES string of the molecule is C=P(OCC)(OCC)c1ccc(NC(=O)c2nc(-c3ccc(C)cc3)cnc2N)cc1.C=S(N)(=O)c1ccc(NC(=O)c2nc(-c3ccc(C)cc3)cnc2N)cc1.CC(=O)c1ccc(NC(=O)c2nc(-c3ccc(C)cc3)cnc2N)cc1.CC(=O)c1ccc(NC(=O)c2nc(-c3ccc(C)cc3)cnc2N)cc1.Cc1ccc(-c2cnc(N)c(C(=O)Nc3ccc(P(C)(=O)O)cc3)n2)cc1. The number of nitrogen functional groups attached to an aromatic ring is 5. The van der Waals surface area contributed by atoms with Crippen LogP contribution >= 0.6 is 14.7 Å². The number of aryl methyl sites for hydroxylation is 5. The molecule has 0 spiro atoms. The summed E-state index contributed by atoms with van der Waals surface area (Å²) < 4.78 is 34.9. The average Bonchev–Trinajstić information content (AvgIpc) is 0.821. The first kappa shape index (κ1) is 101. The van der Waals surface area contributed by atoms with Gasteiger partial charge in [0.05, 0.1) is 82.4 Å². The molecule has 137 heavy (non-hydrogen) atoms. The van der Waals surface area contributed by atoms with E-state index in [1.54, 1.807) is 116 Å². The van der Waals surface area contributed by atoms with Gasteiger partial charge in [-0.3, -0.25) is 43.3 Å². The summed E-state index contributed by atoms with van der Waals surface area (Å²) >= 11 is 0. The number of rotatable bonds is 24. The summed E-state index contributed by atoms with van der Waals surface area (Å²) in [5.74, 6) is 1.22. The van der Waals surface area contributed by atoms with Crippen LogP contribution in [0.4, 0.5) is 57.5 Å². The van der Waals surface area contributed by atoms with Crippen molar-refractivity contribution in [2.75, 3.05) is 75.1 Å². The van der Waals surface area contributed by atoms with Crippen molar-refractivity contribution in [2.45, 2.75) is 67.2 Å². The molecule has 18 N–H and O–H groups in total. The number of anilines is 10. The van der Waals surface area contributed by atoms with Gasteiger partial charge in [0.1, 0.15) is 7.34 Å². The molecule has 0 fully saturated rings. The standard InChI is InChI=1S/C23H27N4O3P.2C20H18N4O2.C19H19N5O2S.C19H19N4O3P/c1-5-29-31(4,30-6-2)19-13-11-18(12-14-19)26-23(28)21-22(24)25-15-20(27-21)17-9-7-16(3)8-10-17;2*1-12-3-5-15(6-4-12)17-11-22-19(21)18(24-17)20(26)23-16-9-7-14(8-10-16)13(2)25;1-12-3-5-13(6-4-12)16-11-22-18(20)17(24-16)19(25)23-14-7-9-15(10-8-14)27(2,21)26;1-12-3-5-13(6-4-12)16-11-21-18(20)17(23-16)19(24)22-14-7-9-15(10-8-14)27(2,25)26/h7-15H,4-6H2,1-3H3,(H2,24,25)(H,26,28);2*3-11H,1-2H3,(H2,21,22)(H,23,26);3-11H,2H2,1H3,(H2,20,22)(H2,21,26)(H,23,25);3-11H,1-2H3,(H2,20,21)(H,22,24)(H,25,26). The summed E-state index contributed by atoms with van der Waals surface area (Å²) in [5, 5.41) is 20.3. The van der Waals surface area contributed by atoms with Gasteiger partial charge in [0.2, 0.25) is 7.37 Å². The summed E-state index contributed by atoms with van der Waals surface area (Å²) in [5.41, 5.74) is 45.9. The molecule has 36 heteroatoms. The molecule has 10 aromatic carbocycles. The van der Waals surface area contributed by atoms with Gasteiger partial charge < -0.3 is 69.2 Å². The van der Waals surface area contributed by atoms with E-state index >= 15 is 0 Å². The highest BCUT2D eigenvalue weighted by Gasteiger charge is 2.24. The third kappa shape index (κ3) is 28.1. The van der Waals surface area contributed by atoms with Gasteiger partial charge in [-0.2, -0.15) is 0 Å². The molecule has 0 bridgehead atoms. The van der Waals surface area contributed by atoms with Crippen LogP contribution in [0.2, 0.25) is 0 Å². The molecule has 0 saturated carbocycles. The minimum atomic E-state index is -3.34. The Labute approximate surface area is 792 Å². The zero-order valence-corrected chi connectivity index (χ0v) is 79.1. The van der Waals surface area contributed by atoms with Crippen molar-refractivity contribution in [1.82, 2.24) is 49.8 Å². The summed E-state index contributed by atoms with van der Waals surface area (Å²) in [6, 6.07) is 71.5. The van der Waals surface area contributed by atoms with Crippen molar-refractivity contribution in [3.8, 4) is 56.3 Å². The van der Waals surface area contributed by atoms with Crippen LogP contribution in [0.25, 0.3) is 56.3 Å². The van der Waals surface area contributed by atoms with Gasteiger partial charge in [-0.05, 0) is 196 Å². The van der Waals surface area contributed by atoms with E-state index < -0.39 is 54.0 Å². The van der Waals surface area contributed by atoms with Gasteiger partial charge in [0, 0.05) is 89.6 Å². The molecular formula is C101H101N21O12P2S. The van der Waals surface area contributed by atoms with E-state index in [-0.39, 0.29) is 69.1 Å². The van der Waals surface area contributed by atoms with E-state index in [4.69, 9.17) is 42.9 Å². The van der Waals surface area contributed by atoms with Crippen LogP contribution in [-0.2, 0) is 23.3 Å². The summed E-state index contributed by atoms with van der Waals surface area (Å²) in [6.45, 7) is 19.0. The van der Waals surface area contributed by atoms with Crippen molar-refractivity contribution in [3.63, 3.8) is 0 Å². The number of hydrogen-bond acceptors (Lipinski definition) is 26. The van der Waals surface area contributed by atoms with Crippen LogP contribution in [0, 0.1) is 34.6 Å². The number of aromatic nitrogens is 10. The maximum Gasteiger partial charge on any atom is 0.278 e. The molecular weight excluding hydrogens is 1790 g/mol. The number of amides is 5. The first-order chi connectivity index (χ1) is 65.2. The Morgan fingerprint density at radius 1 is 0.343 bits per heavy atom. The summed E-state index contributed by atoms with van der Waals surface area (Å²) in [6.07, 6.45) is 11.8. The molecule has 5 aromatic heterocycles. The molecule has 15 rings (SSSR count). The lowest BCUT2D eigenvalue weighted by atomic mass is 10.1. The number of nitrogens with one attached hydrogen (secondary N) is 5. The van der Waals surface area contributed by atoms with Gasteiger partial charge in [-0.1, -0.05) is 149 Å². The molecule has 0 radical (unpaired) electrons. The lowest BCUT2D eigenvalue weighted by Gasteiger charge is -2.24. The predicted octanol–water partition coefficient (Wildman–Crippen LogP) is 16.3. The molecule has 0 aliphatic rings. The predicted molar refractivity (Wildman–Crippen MR) is 545 cm³/mol. The number of nitrogens with two attached hydrogens (primary N) is 6. The Morgan fingerprint density at radius 2 is 0.540 bits per heavy atom. The summed E-state index contributed by atoms with van der Waals surface area (Å²) in [7, 11) is -8.53. The first-order valence-corrected chi connectivity index (χ1v) is 48.0.